The fraction of sp³-hybridized carbons (Fsp3) is 0.333. The molecule has 1 heterocycles. The molecule has 1 unspecified atom stereocenters. The monoisotopic (exact) mass is 453 g/mol. The minimum Gasteiger partial charge on any atom is -0.435 e. The number of ether oxygens (including phenoxy) is 2. The summed E-state index contributed by atoms with van der Waals surface area (Å²) in [6.45, 7) is 0.483. The number of thioether (sulfide) groups is 1. The summed E-state index contributed by atoms with van der Waals surface area (Å²) in [5.74, 6) is 0.835. The maximum atomic E-state index is 12.3. The summed E-state index contributed by atoms with van der Waals surface area (Å²) < 4.78 is 36.3. The third kappa shape index (κ3) is 5.71. The van der Waals surface area contributed by atoms with E-state index in [1.807, 2.05) is 35.8 Å². The van der Waals surface area contributed by atoms with Gasteiger partial charge in [-0.05, 0) is 43.2 Å². The van der Waals surface area contributed by atoms with Crippen LogP contribution in [-0.4, -0.2) is 35.1 Å². The lowest BCUT2D eigenvalue weighted by Crippen LogP contribution is -2.06. The summed E-state index contributed by atoms with van der Waals surface area (Å²) in [4.78, 5) is 0. The Morgan fingerprint density at radius 1 is 1.10 bits per heavy atom. The lowest BCUT2D eigenvalue weighted by Gasteiger charge is -2.15. The van der Waals surface area contributed by atoms with Crippen LogP contribution in [0.2, 0.25) is 5.02 Å². The molecule has 1 aromatic heterocycles. The third-order valence-electron chi connectivity index (χ3n) is 4.42. The highest BCUT2D eigenvalue weighted by molar-refractivity contribution is 7.99. The van der Waals surface area contributed by atoms with E-state index in [1.54, 1.807) is 19.2 Å². The van der Waals surface area contributed by atoms with Gasteiger partial charge in [0, 0.05) is 31.1 Å². The largest absolute Gasteiger partial charge is 0.435 e. The second-order valence-electron chi connectivity index (χ2n) is 6.49. The molecule has 2 aromatic carbocycles. The average Bonchev–Trinajstić information content (AvgIpc) is 3.11. The van der Waals surface area contributed by atoms with Crippen LogP contribution in [0.4, 0.5) is 8.78 Å². The third-order valence-corrected chi connectivity index (χ3v) is 5.89. The normalized spacial score (nSPS) is 12.3. The Kier molecular flexibility index (Phi) is 8.07. The van der Waals surface area contributed by atoms with Crippen LogP contribution in [0.15, 0.2) is 53.7 Å². The molecule has 3 aromatic rings. The van der Waals surface area contributed by atoms with Gasteiger partial charge in [0.2, 0.25) is 0 Å². The number of hydrogen-bond donors (Lipinski definition) is 0. The fourth-order valence-electron chi connectivity index (χ4n) is 2.93. The number of halogens is 3. The van der Waals surface area contributed by atoms with Crippen molar-refractivity contribution in [3.8, 4) is 17.1 Å². The summed E-state index contributed by atoms with van der Waals surface area (Å²) >= 11 is 7.91. The smallest absolute Gasteiger partial charge is 0.387 e. The van der Waals surface area contributed by atoms with Gasteiger partial charge in [-0.2, -0.15) is 8.78 Å². The summed E-state index contributed by atoms with van der Waals surface area (Å²) in [5, 5.41) is 10.2. The van der Waals surface area contributed by atoms with Gasteiger partial charge in [0.1, 0.15) is 5.75 Å². The molecule has 0 radical (unpaired) electrons. The molecule has 160 valence electrons. The number of rotatable bonds is 10. The van der Waals surface area contributed by atoms with Crippen molar-refractivity contribution in [3.63, 3.8) is 0 Å². The van der Waals surface area contributed by atoms with Crippen LogP contribution in [-0.2, 0) is 11.3 Å². The van der Waals surface area contributed by atoms with Crippen molar-refractivity contribution in [2.75, 3.05) is 13.7 Å². The molecule has 0 N–H and O–H groups in total. The molecule has 0 amide bonds. The van der Waals surface area contributed by atoms with Crippen molar-refractivity contribution < 1.29 is 18.3 Å². The van der Waals surface area contributed by atoms with Crippen LogP contribution in [0.3, 0.4) is 0 Å². The molecule has 0 saturated carbocycles. The van der Waals surface area contributed by atoms with Gasteiger partial charge < -0.3 is 14.0 Å². The van der Waals surface area contributed by atoms with E-state index >= 15 is 0 Å². The quantitative estimate of drug-likeness (QED) is 0.274. The lowest BCUT2D eigenvalue weighted by molar-refractivity contribution is -0.0498. The van der Waals surface area contributed by atoms with E-state index in [0.717, 1.165) is 22.7 Å². The Morgan fingerprint density at radius 3 is 2.50 bits per heavy atom. The van der Waals surface area contributed by atoms with E-state index in [0.29, 0.717) is 24.0 Å². The first-order valence-corrected chi connectivity index (χ1v) is 10.6. The minimum absolute atomic E-state index is 0.0232. The van der Waals surface area contributed by atoms with Crippen molar-refractivity contribution in [1.29, 1.82) is 0 Å². The Labute approximate surface area is 183 Å². The van der Waals surface area contributed by atoms with Gasteiger partial charge >= 0.3 is 6.61 Å². The topological polar surface area (TPSA) is 49.2 Å². The first-order valence-electron chi connectivity index (χ1n) is 9.38. The fourth-order valence-corrected chi connectivity index (χ4v) is 4.16. The molecule has 3 rings (SSSR count). The van der Waals surface area contributed by atoms with Crippen molar-refractivity contribution in [2.24, 2.45) is 0 Å². The highest BCUT2D eigenvalue weighted by Crippen LogP contribution is 2.37. The zero-order valence-corrected chi connectivity index (χ0v) is 18.2. The van der Waals surface area contributed by atoms with Gasteiger partial charge in [-0.3, -0.25) is 0 Å². The zero-order valence-electron chi connectivity index (χ0n) is 16.6. The van der Waals surface area contributed by atoms with E-state index in [4.69, 9.17) is 16.3 Å². The number of hydrogen-bond acceptors (Lipinski definition) is 5. The predicted octanol–water partition coefficient (Wildman–Crippen LogP) is 6.09. The lowest BCUT2D eigenvalue weighted by atomic mass is 10.2. The SMILES string of the molecule is COCCCn1c(SC(C)c2ccc(OC(F)F)cc2)nnc1-c1ccccc1Cl. The molecule has 30 heavy (non-hydrogen) atoms. The van der Waals surface area contributed by atoms with Crippen LogP contribution < -0.4 is 4.74 Å². The van der Waals surface area contributed by atoms with Gasteiger partial charge in [-0.15, -0.1) is 10.2 Å². The van der Waals surface area contributed by atoms with Gasteiger partial charge in [-0.25, -0.2) is 0 Å². The average molecular weight is 454 g/mol. The van der Waals surface area contributed by atoms with Crippen molar-refractivity contribution in [3.05, 3.63) is 59.1 Å². The van der Waals surface area contributed by atoms with Crippen LogP contribution >= 0.6 is 23.4 Å². The van der Waals surface area contributed by atoms with Gasteiger partial charge in [0.05, 0.1) is 5.02 Å². The Hall–Kier alpha value is -2.16. The predicted molar refractivity (Wildman–Crippen MR) is 114 cm³/mol. The molecule has 0 saturated heterocycles. The molecule has 5 nitrogen and oxygen atoms in total. The first kappa shape index (κ1) is 22.5. The van der Waals surface area contributed by atoms with Gasteiger partial charge in [0.15, 0.2) is 11.0 Å². The van der Waals surface area contributed by atoms with Crippen molar-refractivity contribution in [1.82, 2.24) is 14.8 Å². The Bertz CT molecular complexity index is 954. The molecule has 0 aliphatic carbocycles. The number of aromatic nitrogens is 3. The van der Waals surface area contributed by atoms with Crippen molar-refractivity contribution >= 4 is 23.4 Å². The molecule has 0 aliphatic rings. The molecular formula is C21H22ClF2N3O2S. The van der Waals surface area contributed by atoms with Crippen LogP contribution in [0.1, 0.15) is 24.2 Å². The van der Waals surface area contributed by atoms with E-state index in [9.17, 15) is 8.78 Å². The van der Waals surface area contributed by atoms with Crippen LogP contribution in [0.25, 0.3) is 11.4 Å². The minimum atomic E-state index is -2.84. The second kappa shape index (κ2) is 10.7. The van der Waals surface area contributed by atoms with Gasteiger partial charge in [-0.1, -0.05) is 47.6 Å². The number of benzene rings is 2. The first-order chi connectivity index (χ1) is 14.5. The van der Waals surface area contributed by atoms with E-state index in [1.165, 1.54) is 23.9 Å². The molecular weight excluding hydrogens is 432 g/mol. The second-order valence-corrected chi connectivity index (χ2v) is 8.21. The highest BCUT2D eigenvalue weighted by atomic mass is 35.5. The number of nitrogens with zero attached hydrogens (tertiary/aromatic N) is 3. The molecule has 1 atom stereocenters. The van der Waals surface area contributed by atoms with E-state index in [2.05, 4.69) is 14.9 Å². The van der Waals surface area contributed by atoms with E-state index in [-0.39, 0.29) is 11.0 Å². The number of methoxy groups -OCH3 is 1. The summed E-state index contributed by atoms with van der Waals surface area (Å²) in [6, 6.07) is 14.1. The highest BCUT2D eigenvalue weighted by Gasteiger charge is 2.19. The van der Waals surface area contributed by atoms with E-state index < -0.39 is 6.61 Å². The zero-order chi connectivity index (χ0) is 21.5. The number of alkyl halides is 2. The van der Waals surface area contributed by atoms with Gasteiger partial charge in [0.25, 0.3) is 0 Å². The standard InChI is InChI=1S/C21H22ClF2N3O2S/c1-14(15-8-10-16(11-9-15)29-20(23)24)30-21-26-25-19(27(21)12-5-13-28-2)17-6-3-4-7-18(17)22/h3-4,6-11,14,20H,5,12-13H2,1-2H3. The molecule has 0 aliphatic heterocycles. The Morgan fingerprint density at radius 2 is 1.83 bits per heavy atom. The van der Waals surface area contributed by atoms with Crippen LogP contribution in [0, 0.1) is 0 Å². The summed E-state index contributed by atoms with van der Waals surface area (Å²) in [6.07, 6.45) is 0.799. The molecule has 0 spiro atoms. The maximum absolute atomic E-state index is 12.3. The molecule has 9 heteroatoms. The maximum Gasteiger partial charge on any atom is 0.387 e. The van der Waals surface area contributed by atoms with Crippen molar-refractivity contribution in [2.45, 2.75) is 36.9 Å². The molecule has 0 fully saturated rings. The molecule has 0 bridgehead atoms. The van der Waals surface area contributed by atoms with Crippen LogP contribution in [0.5, 0.6) is 5.75 Å². The summed E-state index contributed by atoms with van der Waals surface area (Å²) in [5.41, 5.74) is 1.78. The Balaban J connectivity index is 1.83. The summed E-state index contributed by atoms with van der Waals surface area (Å²) in [7, 11) is 1.67.